The van der Waals surface area contributed by atoms with Gasteiger partial charge in [0.25, 0.3) is 11.8 Å². The average Bonchev–Trinajstić information content (AvgIpc) is 3.35. The van der Waals surface area contributed by atoms with Crippen LogP contribution in [0.1, 0.15) is 26.3 Å². The minimum Gasteiger partial charge on any atom is -0.348 e. The Morgan fingerprint density at radius 3 is 2.64 bits per heavy atom. The molecule has 1 aromatic heterocycles. The van der Waals surface area contributed by atoms with E-state index in [1.807, 2.05) is 24.3 Å². The third kappa shape index (κ3) is 3.76. The van der Waals surface area contributed by atoms with Gasteiger partial charge in [0.2, 0.25) is 9.84 Å². The second-order valence-corrected chi connectivity index (χ2v) is 9.30. The van der Waals surface area contributed by atoms with E-state index in [1.54, 1.807) is 18.3 Å². The van der Waals surface area contributed by atoms with Gasteiger partial charge in [-0.3, -0.25) is 14.7 Å². The maximum atomic E-state index is 13.1. The van der Waals surface area contributed by atoms with Crippen LogP contribution in [0.15, 0.2) is 82.7 Å². The number of H-pyrrole nitrogens is 1. The van der Waals surface area contributed by atoms with Crippen molar-refractivity contribution in [3.05, 3.63) is 89.6 Å². The molecule has 1 aliphatic heterocycles. The number of aromatic amines is 1. The van der Waals surface area contributed by atoms with Crippen LogP contribution < -0.4 is 10.6 Å². The van der Waals surface area contributed by atoms with Crippen LogP contribution in [0, 0.1) is 0 Å². The van der Waals surface area contributed by atoms with Crippen molar-refractivity contribution in [1.82, 2.24) is 20.7 Å². The van der Waals surface area contributed by atoms with E-state index in [1.165, 1.54) is 30.3 Å². The summed E-state index contributed by atoms with van der Waals surface area (Å²) in [6.45, 7) is 0.251. The maximum absolute atomic E-state index is 13.1. The van der Waals surface area contributed by atoms with Crippen molar-refractivity contribution < 1.29 is 18.0 Å². The number of rotatable bonds is 4. The number of fused-ring (bicyclic) bond motifs is 2. The lowest BCUT2D eigenvalue weighted by Crippen LogP contribution is -2.23. The van der Waals surface area contributed by atoms with Crippen LogP contribution in [-0.4, -0.2) is 35.6 Å². The van der Waals surface area contributed by atoms with Gasteiger partial charge in [0, 0.05) is 17.7 Å². The first-order valence-corrected chi connectivity index (χ1v) is 11.4. The molecule has 2 amide bonds. The van der Waals surface area contributed by atoms with Crippen LogP contribution in [0.2, 0.25) is 0 Å². The summed E-state index contributed by atoms with van der Waals surface area (Å²) in [5.41, 5.74) is 2.85. The Hall–Kier alpha value is -4.31. The number of sulfone groups is 1. The molecule has 0 radical (unpaired) electrons. The van der Waals surface area contributed by atoms with Crippen molar-refractivity contribution in [2.75, 3.05) is 5.32 Å². The number of nitrogens with zero attached hydrogens (tertiary/aromatic N) is 2. The van der Waals surface area contributed by atoms with E-state index >= 15 is 0 Å². The normalized spacial score (nSPS) is 13.9. The molecule has 9 nitrogen and oxygen atoms in total. The van der Waals surface area contributed by atoms with E-state index in [4.69, 9.17) is 0 Å². The van der Waals surface area contributed by atoms with Crippen molar-refractivity contribution in [3.8, 4) is 11.3 Å². The fraction of sp³-hybridized carbons (Fsp3) is 0.0435. The number of carbonyl (C=O) groups is 2. The van der Waals surface area contributed by atoms with Crippen LogP contribution in [0.3, 0.4) is 0 Å². The number of amides is 2. The molecule has 0 saturated heterocycles. The van der Waals surface area contributed by atoms with E-state index in [9.17, 15) is 18.0 Å². The summed E-state index contributed by atoms with van der Waals surface area (Å²) in [5.74, 6) is -0.949. The summed E-state index contributed by atoms with van der Waals surface area (Å²) < 4.78 is 26.2. The first-order chi connectivity index (χ1) is 15.9. The Morgan fingerprint density at radius 1 is 0.970 bits per heavy atom. The second-order valence-electron chi connectivity index (χ2n) is 7.42. The minimum absolute atomic E-state index is 0.0572. The molecule has 0 unspecified atom stereocenters. The lowest BCUT2D eigenvalue weighted by atomic mass is 10.1. The predicted molar refractivity (Wildman–Crippen MR) is 119 cm³/mol. The fourth-order valence-electron chi connectivity index (χ4n) is 3.67. The molecule has 2 heterocycles. The molecule has 0 spiro atoms. The maximum Gasteiger partial charge on any atom is 0.257 e. The number of benzene rings is 3. The molecular formula is C23H17N5O4S. The third-order valence-electron chi connectivity index (χ3n) is 5.31. The SMILES string of the molecule is O=C(NCc1cccc(-c2cnn[nH]2)c1)c1ccc2c(c1)NC(=O)c1ccccc1S2(=O)=O. The van der Waals surface area contributed by atoms with Crippen molar-refractivity contribution in [3.63, 3.8) is 0 Å². The standard InChI is InChI=1S/C23H17N5O4S/c29-22(24-12-14-4-3-5-15(10-14)19-13-25-28-27-19)16-8-9-21-18(11-16)26-23(30)17-6-1-2-7-20(17)33(21,31)32/h1-11,13H,12H2,(H,24,29)(H,26,30)(H,25,27,28). The van der Waals surface area contributed by atoms with E-state index in [2.05, 4.69) is 26.0 Å². The minimum atomic E-state index is -3.92. The topological polar surface area (TPSA) is 134 Å². The summed E-state index contributed by atoms with van der Waals surface area (Å²) in [7, 11) is -3.92. The van der Waals surface area contributed by atoms with Crippen LogP contribution in [0.4, 0.5) is 5.69 Å². The quantitative estimate of drug-likeness (QED) is 0.430. The number of hydrogen-bond donors (Lipinski definition) is 3. The van der Waals surface area contributed by atoms with Gasteiger partial charge in [-0.2, -0.15) is 0 Å². The summed E-state index contributed by atoms with van der Waals surface area (Å²) in [5, 5.41) is 15.7. The third-order valence-corrected chi connectivity index (χ3v) is 7.18. The molecule has 3 aromatic carbocycles. The molecule has 164 valence electrons. The molecule has 0 atom stereocenters. The van der Waals surface area contributed by atoms with Crippen molar-refractivity contribution >= 4 is 27.3 Å². The number of hydrogen-bond acceptors (Lipinski definition) is 6. The Bertz CT molecular complexity index is 1500. The molecule has 3 N–H and O–H groups in total. The van der Waals surface area contributed by atoms with Gasteiger partial charge in [-0.05, 0) is 42.0 Å². The molecule has 4 aromatic rings. The van der Waals surface area contributed by atoms with Crippen LogP contribution >= 0.6 is 0 Å². The van der Waals surface area contributed by atoms with Gasteiger partial charge >= 0.3 is 0 Å². The van der Waals surface area contributed by atoms with E-state index in [0.717, 1.165) is 16.8 Å². The molecule has 33 heavy (non-hydrogen) atoms. The Kier molecular flexibility index (Phi) is 4.98. The molecule has 0 fully saturated rings. The summed E-state index contributed by atoms with van der Waals surface area (Å²) in [6, 6.07) is 17.7. The highest BCUT2D eigenvalue weighted by Crippen LogP contribution is 2.34. The molecule has 5 rings (SSSR count). The number of carbonyl (C=O) groups excluding carboxylic acids is 2. The number of anilines is 1. The van der Waals surface area contributed by atoms with Gasteiger partial charge in [0.05, 0.1) is 32.9 Å². The fourth-order valence-corrected chi connectivity index (χ4v) is 5.26. The summed E-state index contributed by atoms with van der Waals surface area (Å²) in [4.78, 5) is 25.2. The first-order valence-electron chi connectivity index (χ1n) is 9.96. The number of nitrogens with one attached hydrogen (secondary N) is 3. The van der Waals surface area contributed by atoms with Gasteiger partial charge < -0.3 is 10.6 Å². The zero-order chi connectivity index (χ0) is 23.0. The largest absolute Gasteiger partial charge is 0.348 e. The first kappa shape index (κ1) is 20.6. The lowest BCUT2D eigenvalue weighted by Gasteiger charge is -2.11. The smallest absolute Gasteiger partial charge is 0.257 e. The van der Waals surface area contributed by atoms with Gasteiger partial charge in [0.1, 0.15) is 0 Å². The molecule has 0 bridgehead atoms. The average molecular weight is 459 g/mol. The molecule has 0 saturated carbocycles. The van der Waals surface area contributed by atoms with Crippen molar-refractivity contribution in [2.45, 2.75) is 16.3 Å². The van der Waals surface area contributed by atoms with E-state index in [0.29, 0.717) is 0 Å². The van der Waals surface area contributed by atoms with E-state index in [-0.39, 0.29) is 33.2 Å². The van der Waals surface area contributed by atoms with Crippen LogP contribution in [0.25, 0.3) is 11.3 Å². The lowest BCUT2D eigenvalue weighted by molar-refractivity contribution is 0.0949. The zero-order valence-electron chi connectivity index (χ0n) is 17.1. The van der Waals surface area contributed by atoms with Gasteiger partial charge in [0.15, 0.2) is 0 Å². The summed E-state index contributed by atoms with van der Waals surface area (Å²) >= 11 is 0. The van der Waals surface area contributed by atoms with Crippen LogP contribution in [-0.2, 0) is 16.4 Å². The van der Waals surface area contributed by atoms with Gasteiger partial charge in [-0.15, -0.1) is 5.10 Å². The van der Waals surface area contributed by atoms with Crippen molar-refractivity contribution in [1.29, 1.82) is 0 Å². The monoisotopic (exact) mass is 459 g/mol. The van der Waals surface area contributed by atoms with E-state index < -0.39 is 21.7 Å². The van der Waals surface area contributed by atoms with Crippen molar-refractivity contribution in [2.24, 2.45) is 0 Å². The second kappa shape index (κ2) is 7.99. The Labute approximate surface area is 188 Å². The molecular weight excluding hydrogens is 442 g/mol. The predicted octanol–water partition coefficient (Wildman–Crippen LogP) is 2.80. The highest BCUT2D eigenvalue weighted by Gasteiger charge is 2.31. The number of aromatic nitrogens is 3. The van der Waals surface area contributed by atoms with Gasteiger partial charge in [-0.1, -0.05) is 35.5 Å². The highest BCUT2D eigenvalue weighted by atomic mass is 32.2. The molecule has 10 heteroatoms. The molecule has 0 aliphatic carbocycles. The summed E-state index contributed by atoms with van der Waals surface area (Å²) in [6.07, 6.45) is 1.61. The Morgan fingerprint density at radius 2 is 1.82 bits per heavy atom. The molecule has 1 aliphatic rings. The highest BCUT2D eigenvalue weighted by molar-refractivity contribution is 7.91. The Balaban J connectivity index is 1.39. The van der Waals surface area contributed by atoms with Gasteiger partial charge in [-0.25, -0.2) is 8.42 Å². The van der Waals surface area contributed by atoms with Crippen LogP contribution in [0.5, 0.6) is 0 Å². The zero-order valence-corrected chi connectivity index (χ0v) is 17.9.